The fourth-order valence-corrected chi connectivity index (χ4v) is 2.22. The number of rotatable bonds is 10. The van der Waals surface area contributed by atoms with E-state index in [1.165, 1.54) is 0 Å². The Morgan fingerprint density at radius 2 is 1.83 bits per heavy atom. The third-order valence-corrected chi connectivity index (χ3v) is 3.38. The normalized spacial score (nSPS) is 10.2. The summed E-state index contributed by atoms with van der Waals surface area (Å²) in [6.07, 6.45) is 3.61. The van der Waals surface area contributed by atoms with Crippen LogP contribution >= 0.6 is 0 Å². The number of benzene rings is 1. The Kier molecular flexibility index (Phi) is 7.60. The summed E-state index contributed by atoms with van der Waals surface area (Å²) in [5.74, 6) is 1.49. The second kappa shape index (κ2) is 10.3. The van der Waals surface area contributed by atoms with E-state index in [9.17, 15) is 4.79 Å². The summed E-state index contributed by atoms with van der Waals surface area (Å²) >= 11 is 0. The van der Waals surface area contributed by atoms with E-state index in [2.05, 4.69) is 10.3 Å². The van der Waals surface area contributed by atoms with Gasteiger partial charge in [0.05, 0.1) is 13.2 Å². The van der Waals surface area contributed by atoms with Crippen LogP contribution < -0.4 is 14.8 Å². The average Bonchev–Trinajstić information content (AvgIpc) is 2.61. The zero-order valence-corrected chi connectivity index (χ0v) is 14.0. The third kappa shape index (κ3) is 6.28. The first-order valence-corrected chi connectivity index (χ1v) is 8.31. The van der Waals surface area contributed by atoms with Gasteiger partial charge in [0.15, 0.2) is 11.5 Å². The molecule has 0 atom stereocenters. The average molecular weight is 328 g/mol. The van der Waals surface area contributed by atoms with Gasteiger partial charge in [-0.05, 0) is 37.6 Å². The second-order valence-electron chi connectivity index (χ2n) is 5.25. The maximum atomic E-state index is 11.8. The van der Waals surface area contributed by atoms with Crippen molar-refractivity contribution < 1.29 is 14.3 Å². The lowest BCUT2D eigenvalue weighted by Crippen LogP contribution is -2.26. The zero-order valence-electron chi connectivity index (χ0n) is 14.0. The molecule has 0 aliphatic rings. The summed E-state index contributed by atoms with van der Waals surface area (Å²) in [5, 5.41) is 2.90. The molecule has 0 bridgehead atoms. The smallest absolute Gasteiger partial charge is 0.220 e. The minimum atomic E-state index is 0.0348. The van der Waals surface area contributed by atoms with E-state index in [4.69, 9.17) is 9.47 Å². The lowest BCUT2D eigenvalue weighted by atomic mass is 10.2. The van der Waals surface area contributed by atoms with Crippen LogP contribution in [0.3, 0.4) is 0 Å². The van der Waals surface area contributed by atoms with Gasteiger partial charge in [0, 0.05) is 31.3 Å². The van der Waals surface area contributed by atoms with Crippen LogP contribution in [0.1, 0.15) is 25.5 Å². The van der Waals surface area contributed by atoms with Gasteiger partial charge in [-0.25, -0.2) is 0 Å². The highest BCUT2D eigenvalue weighted by Crippen LogP contribution is 2.26. The van der Waals surface area contributed by atoms with Crippen molar-refractivity contribution in [1.82, 2.24) is 10.3 Å². The highest BCUT2D eigenvalue weighted by atomic mass is 16.5. The molecule has 1 N–H and O–H groups in total. The maximum Gasteiger partial charge on any atom is 0.220 e. The number of nitrogens with zero attached hydrogens (tertiary/aromatic N) is 1. The molecule has 0 radical (unpaired) electrons. The van der Waals surface area contributed by atoms with Gasteiger partial charge in [-0.2, -0.15) is 0 Å². The fraction of sp³-hybridized carbons (Fsp3) is 0.368. The summed E-state index contributed by atoms with van der Waals surface area (Å²) in [7, 11) is 0. The van der Waals surface area contributed by atoms with Crippen molar-refractivity contribution in [2.24, 2.45) is 0 Å². The molecule has 5 heteroatoms. The Labute approximate surface area is 143 Å². The molecule has 128 valence electrons. The molecule has 2 rings (SSSR count). The van der Waals surface area contributed by atoms with Crippen LogP contribution in [-0.4, -0.2) is 30.6 Å². The summed E-state index contributed by atoms with van der Waals surface area (Å²) in [6.45, 7) is 3.62. The first-order valence-electron chi connectivity index (χ1n) is 8.31. The lowest BCUT2D eigenvalue weighted by molar-refractivity contribution is -0.121. The molecule has 0 fully saturated rings. The molecule has 24 heavy (non-hydrogen) atoms. The quantitative estimate of drug-likeness (QED) is 0.681. The molecule has 1 aromatic carbocycles. The number of carbonyl (C=O) groups excluding carboxylic acids is 1. The SMILES string of the molecule is CCOc1ccccc1OCCCC(=O)NCCc1ccccn1. The topological polar surface area (TPSA) is 60.5 Å². The summed E-state index contributed by atoms with van der Waals surface area (Å²) in [4.78, 5) is 16.0. The van der Waals surface area contributed by atoms with E-state index in [1.807, 2.05) is 49.4 Å². The lowest BCUT2D eigenvalue weighted by Gasteiger charge is -2.11. The van der Waals surface area contributed by atoms with Crippen LogP contribution in [0, 0.1) is 0 Å². The first kappa shape index (κ1) is 17.8. The van der Waals surface area contributed by atoms with Crippen LogP contribution in [0.2, 0.25) is 0 Å². The predicted octanol–water partition coefficient (Wildman–Crippen LogP) is 3.00. The Morgan fingerprint density at radius 3 is 2.54 bits per heavy atom. The molecular formula is C19H24N2O3. The van der Waals surface area contributed by atoms with Gasteiger partial charge in [-0.3, -0.25) is 9.78 Å². The molecule has 0 unspecified atom stereocenters. The van der Waals surface area contributed by atoms with Crippen molar-refractivity contribution >= 4 is 5.91 Å². The van der Waals surface area contributed by atoms with Gasteiger partial charge >= 0.3 is 0 Å². The summed E-state index contributed by atoms with van der Waals surface area (Å²) in [5.41, 5.74) is 0.980. The Morgan fingerprint density at radius 1 is 1.08 bits per heavy atom. The zero-order chi connectivity index (χ0) is 17.0. The van der Waals surface area contributed by atoms with E-state index in [-0.39, 0.29) is 5.91 Å². The highest BCUT2D eigenvalue weighted by Gasteiger charge is 2.05. The predicted molar refractivity (Wildman–Crippen MR) is 93.3 cm³/mol. The minimum Gasteiger partial charge on any atom is -0.490 e. The van der Waals surface area contributed by atoms with E-state index in [1.54, 1.807) is 6.20 Å². The van der Waals surface area contributed by atoms with E-state index in [0.29, 0.717) is 32.6 Å². The number of hydrogen-bond donors (Lipinski definition) is 1. The van der Waals surface area contributed by atoms with Crippen LogP contribution in [0.25, 0.3) is 0 Å². The minimum absolute atomic E-state index is 0.0348. The highest BCUT2D eigenvalue weighted by molar-refractivity contribution is 5.75. The molecule has 0 saturated heterocycles. The van der Waals surface area contributed by atoms with Crippen LogP contribution in [0.15, 0.2) is 48.7 Å². The molecular weight excluding hydrogens is 304 g/mol. The van der Waals surface area contributed by atoms with E-state index >= 15 is 0 Å². The summed E-state index contributed by atoms with van der Waals surface area (Å²) in [6, 6.07) is 13.3. The second-order valence-corrected chi connectivity index (χ2v) is 5.25. The van der Waals surface area contributed by atoms with Crippen molar-refractivity contribution in [2.75, 3.05) is 19.8 Å². The van der Waals surface area contributed by atoms with Crippen LogP contribution in [-0.2, 0) is 11.2 Å². The molecule has 2 aromatic rings. The Balaban J connectivity index is 1.61. The summed E-state index contributed by atoms with van der Waals surface area (Å²) < 4.78 is 11.2. The fourth-order valence-electron chi connectivity index (χ4n) is 2.22. The number of hydrogen-bond acceptors (Lipinski definition) is 4. The largest absolute Gasteiger partial charge is 0.490 e. The standard InChI is InChI=1S/C19H24N2O3/c1-2-23-17-9-3-4-10-18(17)24-15-7-11-19(22)21-14-12-16-8-5-6-13-20-16/h3-6,8-10,13H,2,7,11-12,14-15H2,1H3,(H,21,22). The molecule has 1 amide bonds. The monoisotopic (exact) mass is 328 g/mol. The molecule has 0 aliphatic heterocycles. The number of carbonyl (C=O) groups is 1. The van der Waals surface area contributed by atoms with Crippen molar-refractivity contribution in [2.45, 2.75) is 26.2 Å². The van der Waals surface area contributed by atoms with Crippen molar-refractivity contribution in [3.05, 3.63) is 54.4 Å². The molecule has 0 aliphatic carbocycles. The molecule has 1 heterocycles. The van der Waals surface area contributed by atoms with E-state index < -0.39 is 0 Å². The number of nitrogens with one attached hydrogen (secondary N) is 1. The molecule has 1 aromatic heterocycles. The van der Waals surface area contributed by atoms with Gasteiger partial charge in [0.2, 0.25) is 5.91 Å². The van der Waals surface area contributed by atoms with Crippen molar-refractivity contribution in [3.8, 4) is 11.5 Å². The van der Waals surface area contributed by atoms with E-state index in [0.717, 1.165) is 23.6 Å². The van der Waals surface area contributed by atoms with Crippen LogP contribution in [0.4, 0.5) is 0 Å². The number of amides is 1. The maximum absolute atomic E-state index is 11.8. The van der Waals surface area contributed by atoms with Crippen molar-refractivity contribution in [1.29, 1.82) is 0 Å². The molecule has 5 nitrogen and oxygen atoms in total. The Bertz CT molecular complexity index is 617. The third-order valence-electron chi connectivity index (χ3n) is 3.38. The number of pyridine rings is 1. The van der Waals surface area contributed by atoms with Gasteiger partial charge in [-0.1, -0.05) is 18.2 Å². The van der Waals surface area contributed by atoms with Crippen molar-refractivity contribution in [3.63, 3.8) is 0 Å². The molecule has 0 spiro atoms. The molecule has 0 saturated carbocycles. The first-order chi connectivity index (χ1) is 11.8. The van der Waals surface area contributed by atoms with Gasteiger partial charge < -0.3 is 14.8 Å². The number of ether oxygens (including phenoxy) is 2. The van der Waals surface area contributed by atoms with Gasteiger partial charge in [0.1, 0.15) is 0 Å². The van der Waals surface area contributed by atoms with Gasteiger partial charge in [0.25, 0.3) is 0 Å². The number of aromatic nitrogens is 1. The number of para-hydroxylation sites is 2. The van der Waals surface area contributed by atoms with Crippen LogP contribution in [0.5, 0.6) is 11.5 Å². The van der Waals surface area contributed by atoms with Gasteiger partial charge in [-0.15, -0.1) is 0 Å². The Hall–Kier alpha value is -2.56.